The van der Waals surface area contributed by atoms with Crippen LogP contribution in [-0.4, -0.2) is 24.1 Å². The van der Waals surface area contributed by atoms with Crippen molar-refractivity contribution in [1.29, 1.82) is 0 Å². The second-order valence-corrected chi connectivity index (χ2v) is 3.66. The van der Waals surface area contributed by atoms with Gasteiger partial charge in [0.25, 0.3) is 5.56 Å². The van der Waals surface area contributed by atoms with Gasteiger partial charge >= 0.3 is 0 Å². The van der Waals surface area contributed by atoms with Crippen molar-refractivity contribution in [2.45, 2.75) is 18.8 Å². The molecule has 0 radical (unpaired) electrons. The van der Waals surface area contributed by atoms with Crippen LogP contribution in [-0.2, 0) is 0 Å². The lowest BCUT2D eigenvalue weighted by Gasteiger charge is -2.10. The van der Waals surface area contributed by atoms with Crippen molar-refractivity contribution >= 4 is 5.95 Å². The third-order valence-corrected chi connectivity index (χ3v) is 2.17. The predicted octanol–water partition coefficient (Wildman–Crippen LogP) is 0.713. The minimum absolute atomic E-state index is 0.0550. The van der Waals surface area contributed by atoms with Gasteiger partial charge in [-0.2, -0.15) is 0 Å². The minimum atomic E-state index is -0.0550. The Labute approximate surface area is 76.6 Å². The third-order valence-electron chi connectivity index (χ3n) is 2.17. The number of aromatic nitrogens is 2. The maximum absolute atomic E-state index is 11.2. The third kappa shape index (κ3) is 1.71. The highest BCUT2D eigenvalue weighted by molar-refractivity contribution is 5.29. The molecule has 13 heavy (non-hydrogen) atoms. The highest BCUT2D eigenvalue weighted by atomic mass is 16.1. The topological polar surface area (TPSA) is 49.0 Å². The van der Waals surface area contributed by atoms with Crippen LogP contribution in [0.3, 0.4) is 0 Å². The van der Waals surface area contributed by atoms with E-state index < -0.39 is 0 Å². The van der Waals surface area contributed by atoms with E-state index in [-0.39, 0.29) is 5.56 Å². The van der Waals surface area contributed by atoms with Crippen molar-refractivity contribution in [2.75, 3.05) is 19.0 Å². The van der Waals surface area contributed by atoms with Crippen molar-refractivity contribution < 1.29 is 0 Å². The molecule has 1 saturated carbocycles. The van der Waals surface area contributed by atoms with Crippen LogP contribution in [0.5, 0.6) is 0 Å². The van der Waals surface area contributed by atoms with Crippen molar-refractivity contribution in [3.8, 4) is 0 Å². The first-order chi connectivity index (χ1) is 6.16. The van der Waals surface area contributed by atoms with Gasteiger partial charge < -0.3 is 4.90 Å². The molecule has 4 nitrogen and oxygen atoms in total. The van der Waals surface area contributed by atoms with Crippen molar-refractivity contribution in [1.82, 2.24) is 9.97 Å². The molecular formula is C9H13N3O. The van der Waals surface area contributed by atoms with Gasteiger partial charge in [-0.3, -0.25) is 9.78 Å². The van der Waals surface area contributed by atoms with Crippen molar-refractivity contribution in [3.05, 3.63) is 22.1 Å². The van der Waals surface area contributed by atoms with E-state index in [0.29, 0.717) is 11.9 Å². The Kier molecular flexibility index (Phi) is 1.83. The molecule has 1 aromatic rings. The molecule has 0 spiro atoms. The molecule has 0 amide bonds. The summed E-state index contributed by atoms with van der Waals surface area (Å²) in [6.45, 7) is 0. The lowest BCUT2D eigenvalue weighted by Crippen LogP contribution is -2.19. The fourth-order valence-corrected chi connectivity index (χ4v) is 1.26. The summed E-state index contributed by atoms with van der Waals surface area (Å²) in [7, 11) is 3.74. The molecule has 1 fully saturated rings. The van der Waals surface area contributed by atoms with E-state index in [1.165, 1.54) is 12.8 Å². The average Bonchev–Trinajstić information content (AvgIpc) is 2.85. The quantitative estimate of drug-likeness (QED) is 0.727. The molecule has 1 aromatic heterocycles. The number of hydrogen-bond donors (Lipinski definition) is 1. The van der Waals surface area contributed by atoms with E-state index in [0.717, 1.165) is 5.69 Å². The zero-order valence-corrected chi connectivity index (χ0v) is 7.87. The van der Waals surface area contributed by atoms with Gasteiger partial charge in [0.15, 0.2) is 0 Å². The van der Waals surface area contributed by atoms with Gasteiger partial charge in [0, 0.05) is 26.1 Å². The summed E-state index contributed by atoms with van der Waals surface area (Å²) in [6, 6.07) is 1.60. The van der Waals surface area contributed by atoms with Crippen LogP contribution in [0, 0.1) is 0 Å². The van der Waals surface area contributed by atoms with Gasteiger partial charge in [-0.1, -0.05) is 0 Å². The summed E-state index contributed by atoms with van der Waals surface area (Å²) >= 11 is 0. The summed E-state index contributed by atoms with van der Waals surface area (Å²) in [6.07, 6.45) is 2.34. The van der Waals surface area contributed by atoms with Gasteiger partial charge in [0.1, 0.15) is 0 Å². The fourth-order valence-electron chi connectivity index (χ4n) is 1.26. The molecule has 1 aliphatic rings. The number of rotatable bonds is 2. The zero-order valence-electron chi connectivity index (χ0n) is 7.87. The number of H-pyrrole nitrogens is 1. The molecule has 0 aliphatic heterocycles. The van der Waals surface area contributed by atoms with Gasteiger partial charge in [0.2, 0.25) is 5.95 Å². The summed E-state index contributed by atoms with van der Waals surface area (Å²) in [5.74, 6) is 1.18. The van der Waals surface area contributed by atoms with Crippen molar-refractivity contribution in [3.63, 3.8) is 0 Å². The first-order valence-corrected chi connectivity index (χ1v) is 4.45. The number of anilines is 1. The number of hydrogen-bond acceptors (Lipinski definition) is 3. The van der Waals surface area contributed by atoms with Gasteiger partial charge in [-0.05, 0) is 12.8 Å². The van der Waals surface area contributed by atoms with E-state index in [2.05, 4.69) is 9.97 Å². The number of nitrogens with zero attached hydrogens (tertiary/aromatic N) is 2. The Morgan fingerprint density at radius 3 is 2.77 bits per heavy atom. The molecule has 0 saturated heterocycles. The maximum Gasteiger partial charge on any atom is 0.252 e. The lowest BCUT2D eigenvalue weighted by molar-refractivity contribution is 0.918. The van der Waals surface area contributed by atoms with E-state index in [1.807, 2.05) is 19.0 Å². The molecule has 0 aromatic carbocycles. The van der Waals surface area contributed by atoms with Gasteiger partial charge in [0.05, 0.1) is 5.69 Å². The molecule has 0 unspecified atom stereocenters. The van der Waals surface area contributed by atoms with E-state index in [1.54, 1.807) is 6.07 Å². The molecule has 70 valence electrons. The molecular weight excluding hydrogens is 166 g/mol. The van der Waals surface area contributed by atoms with E-state index >= 15 is 0 Å². The molecule has 0 atom stereocenters. The lowest BCUT2D eigenvalue weighted by atomic mass is 10.3. The summed E-state index contributed by atoms with van der Waals surface area (Å²) in [4.78, 5) is 20.1. The van der Waals surface area contributed by atoms with Gasteiger partial charge in [-0.25, -0.2) is 4.98 Å². The van der Waals surface area contributed by atoms with Crippen LogP contribution in [0.2, 0.25) is 0 Å². The SMILES string of the molecule is CN(C)c1nc(C2CC2)cc(=O)[nH]1. The fraction of sp³-hybridized carbons (Fsp3) is 0.556. The molecule has 0 bridgehead atoms. The standard InChI is InChI=1S/C9H13N3O/c1-12(2)9-10-7(6-3-4-6)5-8(13)11-9/h5-6H,3-4H2,1-2H3,(H,10,11,13). The minimum Gasteiger partial charge on any atom is -0.348 e. The number of aromatic amines is 1. The maximum atomic E-state index is 11.2. The molecule has 1 N–H and O–H groups in total. The summed E-state index contributed by atoms with van der Waals surface area (Å²) < 4.78 is 0. The second kappa shape index (κ2) is 2.87. The Balaban J connectivity index is 2.41. The molecule has 4 heteroatoms. The zero-order chi connectivity index (χ0) is 9.42. The normalized spacial score (nSPS) is 15.8. The largest absolute Gasteiger partial charge is 0.348 e. The monoisotopic (exact) mass is 179 g/mol. The average molecular weight is 179 g/mol. The molecule has 1 heterocycles. The first kappa shape index (κ1) is 8.29. The van der Waals surface area contributed by atoms with Crippen LogP contribution >= 0.6 is 0 Å². The van der Waals surface area contributed by atoms with Gasteiger partial charge in [-0.15, -0.1) is 0 Å². The summed E-state index contributed by atoms with van der Waals surface area (Å²) in [5, 5.41) is 0. The van der Waals surface area contributed by atoms with Crippen molar-refractivity contribution in [2.24, 2.45) is 0 Å². The van der Waals surface area contributed by atoms with Crippen LogP contribution in [0.25, 0.3) is 0 Å². The Hall–Kier alpha value is -1.32. The van der Waals surface area contributed by atoms with Crippen LogP contribution in [0.4, 0.5) is 5.95 Å². The van der Waals surface area contributed by atoms with Crippen LogP contribution in [0.15, 0.2) is 10.9 Å². The predicted molar refractivity (Wildman–Crippen MR) is 51.2 cm³/mol. The Morgan fingerprint density at radius 1 is 1.54 bits per heavy atom. The van der Waals surface area contributed by atoms with Crippen LogP contribution < -0.4 is 10.5 Å². The molecule has 1 aliphatic carbocycles. The molecule has 2 rings (SSSR count). The van der Waals surface area contributed by atoms with E-state index in [9.17, 15) is 4.79 Å². The van der Waals surface area contributed by atoms with Crippen LogP contribution in [0.1, 0.15) is 24.5 Å². The summed E-state index contributed by atoms with van der Waals surface area (Å²) in [5.41, 5.74) is 0.882. The van der Waals surface area contributed by atoms with E-state index in [4.69, 9.17) is 0 Å². The highest BCUT2D eigenvalue weighted by Crippen LogP contribution is 2.38. The smallest absolute Gasteiger partial charge is 0.252 e. The number of nitrogens with one attached hydrogen (secondary N) is 1. The second-order valence-electron chi connectivity index (χ2n) is 3.66. The highest BCUT2D eigenvalue weighted by Gasteiger charge is 2.25. The Bertz CT molecular complexity index is 342. The Morgan fingerprint density at radius 2 is 2.23 bits per heavy atom. The first-order valence-electron chi connectivity index (χ1n) is 4.45.